The predicted octanol–water partition coefficient (Wildman–Crippen LogP) is 3.97. The molecular formula is C16H18ClNO. The third-order valence-electron chi connectivity index (χ3n) is 3.27. The molecule has 2 nitrogen and oxygen atoms in total. The Labute approximate surface area is 119 Å². The van der Waals surface area contributed by atoms with Gasteiger partial charge in [0.15, 0.2) is 0 Å². The van der Waals surface area contributed by atoms with Crippen molar-refractivity contribution in [2.45, 2.75) is 13.0 Å². The number of rotatable bonds is 4. The zero-order valence-corrected chi connectivity index (χ0v) is 12.2. The van der Waals surface area contributed by atoms with Crippen LogP contribution in [0, 0.1) is 6.92 Å². The smallest absolute Gasteiger partial charge is 0.122 e. The SMILES string of the molecule is CNC(c1ccc(C)c(OC)c1)c1ccccc1Cl. The minimum atomic E-state index is 0.0585. The number of methoxy groups -OCH3 is 1. The molecule has 1 unspecified atom stereocenters. The molecule has 0 fully saturated rings. The van der Waals surface area contributed by atoms with E-state index in [1.165, 1.54) is 0 Å². The van der Waals surface area contributed by atoms with E-state index in [4.69, 9.17) is 16.3 Å². The standard InChI is InChI=1S/C16H18ClNO/c1-11-8-9-12(10-15(11)19-3)16(18-2)13-6-4-5-7-14(13)17/h4-10,16,18H,1-3H3. The molecule has 0 saturated carbocycles. The van der Waals surface area contributed by atoms with Crippen molar-refractivity contribution >= 4 is 11.6 Å². The Hall–Kier alpha value is -1.51. The average molecular weight is 276 g/mol. The second-order valence-corrected chi connectivity index (χ2v) is 4.88. The summed E-state index contributed by atoms with van der Waals surface area (Å²) in [5.74, 6) is 0.893. The van der Waals surface area contributed by atoms with Gasteiger partial charge in [-0.3, -0.25) is 0 Å². The number of benzene rings is 2. The van der Waals surface area contributed by atoms with Gasteiger partial charge in [0.1, 0.15) is 5.75 Å². The lowest BCUT2D eigenvalue weighted by atomic mass is 9.97. The minimum absolute atomic E-state index is 0.0585. The van der Waals surface area contributed by atoms with Gasteiger partial charge in [-0.2, -0.15) is 0 Å². The lowest BCUT2D eigenvalue weighted by Crippen LogP contribution is -2.18. The second-order valence-electron chi connectivity index (χ2n) is 4.47. The molecule has 0 saturated heterocycles. The van der Waals surface area contributed by atoms with E-state index in [2.05, 4.69) is 23.5 Å². The van der Waals surface area contributed by atoms with E-state index in [-0.39, 0.29) is 6.04 Å². The maximum Gasteiger partial charge on any atom is 0.122 e. The summed E-state index contributed by atoms with van der Waals surface area (Å²) in [5, 5.41) is 4.07. The molecule has 0 spiro atoms. The fourth-order valence-electron chi connectivity index (χ4n) is 2.23. The first-order chi connectivity index (χ1) is 9.17. The van der Waals surface area contributed by atoms with E-state index < -0.39 is 0 Å². The van der Waals surface area contributed by atoms with Gasteiger partial charge in [0.05, 0.1) is 13.2 Å². The molecule has 1 atom stereocenters. The molecule has 0 bridgehead atoms. The first-order valence-corrected chi connectivity index (χ1v) is 6.61. The summed E-state index contributed by atoms with van der Waals surface area (Å²) in [5.41, 5.74) is 3.33. The van der Waals surface area contributed by atoms with Crippen molar-refractivity contribution in [3.8, 4) is 5.75 Å². The Morgan fingerprint density at radius 1 is 1.16 bits per heavy atom. The zero-order chi connectivity index (χ0) is 13.8. The van der Waals surface area contributed by atoms with Gasteiger partial charge >= 0.3 is 0 Å². The highest BCUT2D eigenvalue weighted by molar-refractivity contribution is 6.31. The van der Waals surface area contributed by atoms with Crippen molar-refractivity contribution in [2.24, 2.45) is 0 Å². The van der Waals surface area contributed by atoms with Crippen LogP contribution in [0.25, 0.3) is 0 Å². The fraction of sp³-hybridized carbons (Fsp3) is 0.250. The summed E-state index contributed by atoms with van der Waals surface area (Å²) in [7, 11) is 3.62. The van der Waals surface area contributed by atoms with Gasteiger partial charge < -0.3 is 10.1 Å². The molecular weight excluding hydrogens is 258 g/mol. The van der Waals surface area contributed by atoms with Crippen LogP contribution in [0.1, 0.15) is 22.7 Å². The molecule has 2 aromatic rings. The Morgan fingerprint density at radius 2 is 1.89 bits per heavy atom. The molecule has 0 aliphatic rings. The molecule has 0 radical (unpaired) electrons. The van der Waals surface area contributed by atoms with Gasteiger partial charge in [-0.25, -0.2) is 0 Å². The highest BCUT2D eigenvalue weighted by Crippen LogP contribution is 2.30. The zero-order valence-electron chi connectivity index (χ0n) is 11.4. The van der Waals surface area contributed by atoms with Gasteiger partial charge in [0, 0.05) is 5.02 Å². The summed E-state index contributed by atoms with van der Waals surface area (Å²) in [6.07, 6.45) is 0. The summed E-state index contributed by atoms with van der Waals surface area (Å²) in [4.78, 5) is 0. The first kappa shape index (κ1) is 13.9. The Morgan fingerprint density at radius 3 is 2.53 bits per heavy atom. The lowest BCUT2D eigenvalue weighted by molar-refractivity contribution is 0.410. The van der Waals surface area contributed by atoms with Gasteiger partial charge in [-0.15, -0.1) is 0 Å². The van der Waals surface area contributed by atoms with Gasteiger partial charge in [0.2, 0.25) is 0 Å². The van der Waals surface area contributed by atoms with Crippen molar-refractivity contribution in [1.82, 2.24) is 5.32 Å². The van der Waals surface area contributed by atoms with Crippen molar-refractivity contribution in [3.63, 3.8) is 0 Å². The van der Waals surface area contributed by atoms with E-state index in [0.717, 1.165) is 27.5 Å². The third-order valence-corrected chi connectivity index (χ3v) is 3.61. The van der Waals surface area contributed by atoms with Crippen LogP contribution in [-0.4, -0.2) is 14.2 Å². The van der Waals surface area contributed by atoms with Crippen LogP contribution in [0.3, 0.4) is 0 Å². The van der Waals surface area contributed by atoms with E-state index >= 15 is 0 Å². The Balaban J connectivity index is 2.45. The van der Waals surface area contributed by atoms with Crippen LogP contribution in [-0.2, 0) is 0 Å². The minimum Gasteiger partial charge on any atom is -0.496 e. The number of nitrogens with one attached hydrogen (secondary N) is 1. The van der Waals surface area contributed by atoms with Crippen molar-refractivity contribution in [1.29, 1.82) is 0 Å². The summed E-state index contributed by atoms with van der Waals surface area (Å²) < 4.78 is 5.39. The summed E-state index contributed by atoms with van der Waals surface area (Å²) >= 11 is 6.28. The highest BCUT2D eigenvalue weighted by atomic mass is 35.5. The maximum atomic E-state index is 6.28. The number of halogens is 1. The molecule has 3 heteroatoms. The molecule has 0 aliphatic carbocycles. The molecule has 0 heterocycles. The first-order valence-electron chi connectivity index (χ1n) is 6.23. The maximum absolute atomic E-state index is 6.28. The van der Waals surface area contributed by atoms with Crippen molar-refractivity contribution < 1.29 is 4.74 Å². The molecule has 19 heavy (non-hydrogen) atoms. The number of hydrogen-bond donors (Lipinski definition) is 1. The summed E-state index contributed by atoms with van der Waals surface area (Å²) in [6.45, 7) is 2.03. The molecule has 0 amide bonds. The molecule has 1 N–H and O–H groups in total. The molecule has 2 rings (SSSR count). The topological polar surface area (TPSA) is 21.3 Å². The van der Waals surface area contributed by atoms with Crippen molar-refractivity contribution in [3.05, 3.63) is 64.2 Å². The Kier molecular flexibility index (Phi) is 4.46. The van der Waals surface area contributed by atoms with Gasteiger partial charge in [-0.05, 0) is 42.8 Å². The van der Waals surface area contributed by atoms with Crippen LogP contribution in [0.15, 0.2) is 42.5 Å². The summed E-state index contributed by atoms with van der Waals surface area (Å²) in [6, 6.07) is 14.2. The molecule has 0 aliphatic heterocycles. The Bertz CT molecular complexity index is 568. The van der Waals surface area contributed by atoms with E-state index in [1.54, 1.807) is 7.11 Å². The number of hydrogen-bond acceptors (Lipinski definition) is 2. The fourth-order valence-corrected chi connectivity index (χ4v) is 2.47. The monoisotopic (exact) mass is 275 g/mol. The van der Waals surface area contributed by atoms with Crippen LogP contribution >= 0.6 is 11.6 Å². The highest BCUT2D eigenvalue weighted by Gasteiger charge is 2.15. The molecule has 100 valence electrons. The largest absolute Gasteiger partial charge is 0.496 e. The normalized spacial score (nSPS) is 12.2. The van der Waals surface area contributed by atoms with E-state index in [0.29, 0.717) is 0 Å². The van der Waals surface area contributed by atoms with Crippen LogP contribution in [0.2, 0.25) is 5.02 Å². The second kappa shape index (κ2) is 6.09. The van der Waals surface area contributed by atoms with Crippen molar-refractivity contribution in [2.75, 3.05) is 14.2 Å². The average Bonchev–Trinajstić information content (AvgIpc) is 2.43. The molecule has 2 aromatic carbocycles. The quantitative estimate of drug-likeness (QED) is 0.912. The predicted molar refractivity (Wildman–Crippen MR) is 80.1 cm³/mol. The third kappa shape index (κ3) is 2.91. The van der Waals surface area contributed by atoms with Crippen LogP contribution in [0.4, 0.5) is 0 Å². The van der Waals surface area contributed by atoms with Crippen LogP contribution in [0.5, 0.6) is 5.75 Å². The van der Waals surface area contributed by atoms with E-state index in [1.807, 2.05) is 38.2 Å². The number of aryl methyl sites for hydroxylation is 1. The molecule has 0 aromatic heterocycles. The van der Waals surface area contributed by atoms with Gasteiger partial charge in [0.25, 0.3) is 0 Å². The van der Waals surface area contributed by atoms with Crippen LogP contribution < -0.4 is 10.1 Å². The number of ether oxygens (including phenoxy) is 1. The van der Waals surface area contributed by atoms with Gasteiger partial charge in [-0.1, -0.05) is 41.9 Å². The van der Waals surface area contributed by atoms with E-state index in [9.17, 15) is 0 Å². The lowest BCUT2D eigenvalue weighted by Gasteiger charge is -2.19.